The molecule has 0 fully saturated rings. The number of hydrazine groups is 1. The number of benzene rings is 1. The summed E-state index contributed by atoms with van der Waals surface area (Å²) < 4.78 is 0. The van der Waals surface area contributed by atoms with Crippen LogP contribution >= 0.6 is 0 Å². The molecule has 5 N–H and O–H groups in total. The minimum Gasteiger partial charge on any atom is -0.398 e. The molecule has 2 rings (SSSR count). The van der Waals surface area contributed by atoms with Crippen LogP contribution in [0.4, 0.5) is 5.69 Å². The lowest BCUT2D eigenvalue weighted by Gasteiger charge is -2.17. The first kappa shape index (κ1) is 13.5. The molecule has 1 unspecified atom stereocenters. The minimum absolute atomic E-state index is 0.147. The monoisotopic (exact) mass is 256 g/mol. The molecule has 4 heteroatoms. The molecule has 2 aromatic rings. The molecule has 1 atom stereocenters. The van der Waals surface area contributed by atoms with Crippen LogP contribution in [0.2, 0.25) is 0 Å². The Kier molecular flexibility index (Phi) is 4.49. The number of aromatic nitrogens is 1. The van der Waals surface area contributed by atoms with E-state index in [1.165, 1.54) is 11.1 Å². The SMILES string of the molecule is Cc1cccc(CC(Cc2cnccc2N)NN)c1. The summed E-state index contributed by atoms with van der Waals surface area (Å²) in [7, 11) is 0. The lowest BCUT2D eigenvalue weighted by Crippen LogP contribution is -2.38. The average molecular weight is 256 g/mol. The van der Waals surface area contributed by atoms with Crippen molar-refractivity contribution >= 4 is 5.69 Å². The van der Waals surface area contributed by atoms with E-state index in [0.717, 1.165) is 24.1 Å². The van der Waals surface area contributed by atoms with Gasteiger partial charge in [0.2, 0.25) is 0 Å². The molecular weight excluding hydrogens is 236 g/mol. The van der Waals surface area contributed by atoms with Crippen LogP contribution in [0.15, 0.2) is 42.7 Å². The van der Waals surface area contributed by atoms with Crippen molar-refractivity contribution in [2.24, 2.45) is 5.84 Å². The summed E-state index contributed by atoms with van der Waals surface area (Å²) in [6.07, 6.45) is 5.14. The fourth-order valence-corrected chi connectivity index (χ4v) is 2.19. The van der Waals surface area contributed by atoms with E-state index in [9.17, 15) is 0 Å². The van der Waals surface area contributed by atoms with Gasteiger partial charge in [-0.15, -0.1) is 0 Å². The summed E-state index contributed by atoms with van der Waals surface area (Å²) in [5.41, 5.74) is 13.1. The molecule has 0 amide bonds. The number of rotatable bonds is 5. The van der Waals surface area contributed by atoms with Crippen molar-refractivity contribution in [2.75, 3.05) is 5.73 Å². The number of hydrogen-bond acceptors (Lipinski definition) is 4. The van der Waals surface area contributed by atoms with Crippen LogP contribution in [0, 0.1) is 6.92 Å². The molecule has 100 valence electrons. The van der Waals surface area contributed by atoms with Crippen LogP contribution in [0.3, 0.4) is 0 Å². The first-order valence-corrected chi connectivity index (χ1v) is 6.39. The van der Waals surface area contributed by atoms with Crippen molar-refractivity contribution in [3.05, 3.63) is 59.4 Å². The van der Waals surface area contributed by atoms with Gasteiger partial charge in [-0.05, 0) is 37.0 Å². The summed E-state index contributed by atoms with van der Waals surface area (Å²) in [6.45, 7) is 2.09. The molecule has 0 saturated heterocycles. The van der Waals surface area contributed by atoms with Gasteiger partial charge in [0, 0.05) is 24.1 Å². The molecule has 0 aliphatic heterocycles. The Labute approximate surface area is 113 Å². The van der Waals surface area contributed by atoms with Gasteiger partial charge in [0.05, 0.1) is 0 Å². The summed E-state index contributed by atoms with van der Waals surface area (Å²) in [5, 5.41) is 0. The second-order valence-electron chi connectivity index (χ2n) is 4.84. The van der Waals surface area contributed by atoms with E-state index in [1.54, 1.807) is 12.4 Å². The maximum Gasteiger partial charge on any atom is 0.0378 e. The van der Waals surface area contributed by atoms with Gasteiger partial charge in [0.25, 0.3) is 0 Å². The van der Waals surface area contributed by atoms with Gasteiger partial charge in [-0.2, -0.15) is 0 Å². The average Bonchev–Trinajstić information content (AvgIpc) is 2.40. The van der Waals surface area contributed by atoms with Gasteiger partial charge < -0.3 is 5.73 Å². The standard InChI is InChI=1S/C15H20N4/c1-11-3-2-4-12(7-11)8-14(19-17)9-13-10-18-6-5-15(13)16/h2-7,10,14,19H,8-9,17H2,1H3,(H2,16,18). The van der Waals surface area contributed by atoms with Crippen molar-refractivity contribution < 1.29 is 0 Å². The van der Waals surface area contributed by atoms with Gasteiger partial charge in [-0.25, -0.2) is 0 Å². The molecule has 0 radical (unpaired) electrons. The predicted molar refractivity (Wildman–Crippen MR) is 78.3 cm³/mol. The molecule has 1 aromatic heterocycles. The largest absolute Gasteiger partial charge is 0.398 e. The predicted octanol–water partition coefficient (Wildman–Crippen LogP) is 1.59. The maximum absolute atomic E-state index is 5.93. The molecule has 0 spiro atoms. The molecule has 0 aliphatic rings. The van der Waals surface area contributed by atoms with Gasteiger partial charge in [-0.1, -0.05) is 29.8 Å². The molecule has 1 aromatic carbocycles. The van der Waals surface area contributed by atoms with E-state index in [2.05, 4.69) is 41.6 Å². The summed E-state index contributed by atoms with van der Waals surface area (Å²) >= 11 is 0. The lowest BCUT2D eigenvalue weighted by atomic mass is 9.98. The number of pyridine rings is 1. The Bertz CT molecular complexity index is 539. The maximum atomic E-state index is 5.93. The highest BCUT2D eigenvalue weighted by Gasteiger charge is 2.11. The summed E-state index contributed by atoms with van der Waals surface area (Å²) in [6, 6.07) is 10.4. The van der Waals surface area contributed by atoms with Crippen LogP contribution in [-0.4, -0.2) is 11.0 Å². The Morgan fingerprint density at radius 2 is 2.11 bits per heavy atom. The van der Waals surface area contributed by atoms with Crippen LogP contribution in [0.5, 0.6) is 0 Å². The van der Waals surface area contributed by atoms with Crippen molar-refractivity contribution in [1.29, 1.82) is 0 Å². The summed E-state index contributed by atoms with van der Waals surface area (Å²) in [5.74, 6) is 5.65. The van der Waals surface area contributed by atoms with Gasteiger partial charge in [0.1, 0.15) is 0 Å². The van der Waals surface area contributed by atoms with E-state index in [0.29, 0.717) is 0 Å². The summed E-state index contributed by atoms with van der Waals surface area (Å²) in [4.78, 5) is 4.11. The van der Waals surface area contributed by atoms with Crippen molar-refractivity contribution in [1.82, 2.24) is 10.4 Å². The van der Waals surface area contributed by atoms with Gasteiger partial charge in [-0.3, -0.25) is 16.3 Å². The molecule has 1 heterocycles. The smallest absolute Gasteiger partial charge is 0.0378 e. The number of aryl methyl sites for hydroxylation is 1. The van der Waals surface area contributed by atoms with Crippen LogP contribution < -0.4 is 17.0 Å². The Hall–Kier alpha value is -1.91. The molecule has 4 nitrogen and oxygen atoms in total. The van der Waals surface area contributed by atoms with E-state index in [4.69, 9.17) is 11.6 Å². The normalized spacial score (nSPS) is 12.3. The van der Waals surface area contributed by atoms with E-state index < -0.39 is 0 Å². The van der Waals surface area contributed by atoms with E-state index in [1.807, 2.05) is 6.07 Å². The zero-order valence-corrected chi connectivity index (χ0v) is 11.1. The van der Waals surface area contributed by atoms with Gasteiger partial charge >= 0.3 is 0 Å². The highest BCUT2D eigenvalue weighted by molar-refractivity contribution is 5.44. The van der Waals surface area contributed by atoms with Crippen LogP contribution in [-0.2, 0) is 12.8 Å². The number of nitrogens with two attached hydrogens (primary N) is 2. The lowest BCUT2D eigenvalue weighted by molar-refractivity contribution is 0.522. The molecule has 0 saturated carbocycles. The fourth-order valence-electron chi connectivity index (χ4n) is 2.19. The fraction of sp³-hybridized carbons (Fsp3) is 0.267. The number of hydrogen-bond donors (Lipinski definition) is 3. The first-order chi connectivity index (χ1) is 9.19. The van der Waals surface area contributed by atoms with Crippen molar-refractivity contribution in [2.45, 2.75) is 25.8 Å². The second-order valence-corrected chi connectivity index (χ2v) is 4.84. The number of nitrogens with zero attached hydrogens (tertiary/aromatic N) is 1. The van der Waals surface area contributed by atoms with Crippen molar-refractivity contribution in [3.63, 3.8) is 0 Å². The zero-order chi connectivity index (χ0) is 13.7. The Morgan fingerprint density at radius 3 is 2.79 bits per heavy atom. The topological polar surface area (TPSA) is 77.0 Å². The Balaban J connectivity index is 2.07. The quantitative estimate of drug-likeness (QED) is 0.561. The molecule has 19 heavy (non-hydrogen) atoms. The second kappa shape index (κ2) is 6.31. The first-order valence-electron chi connectivity index (χ1n) is 6.39. The number of nitrogens with one attached hydrogen (secondary N) is 1. The third-order valence-corrected chi connectivity index (χ3v) is 3.21. The van der Waals surface area contributed by atoms with Crippen molar-refractivity contribution in [3.8, 4) is 0 Å². The number of nitrogen functional groups attached to an aromatic ring is 1. The van der Waals surface area contributed by atoms with E-state index >= 15 is 0 Å². The zero-order valence-electron chi connectivity index (χ0n) is 11.1. The third-order valence-electron chi connectivity index (χ3n) is 3.21. The Morgan fingerprint density at radius 1 is 1.26 bits per heavy atom. The molecule has 0 bridgehead atoms. The molecular formula is C15H20N4. The third kappa shape index (κ3) is 3.77. The van der Waals surface area contributed by atoms with Crippen LogP contribution in [0.25, 0.3) is 0 Å². The van der Waals surface area contributed by atoms with Crippen LogP contribution in [0.1, 0.15) is 16.7 Å². The highest BCUT2D eigenvalue weighted by atomic mass is 15.2. The number of anilines is 1. The highest BCUT2D eigenvalue weighted by Crippen LogP contribution is 2.14. The van der Waals surface area contributed by atoms with Gasteiger partial charge in [0.15, 0.2) is 0 Å². The molecule has 0 aliphatic carbocycles. The van der Waals surface area contributed by atoms with E-state index in [-0.39, 0.29) is 6.04 Å². The minimum atomic E-state index is 0.147.